The molecular formula is C11H10F3NOS. The first-order valence-corrected chi connectivity index (χ1v) is 5.40. The van der Waals surface area contributed by atoms with Crippen molar-refractivity contribution in [3.05, 3.63) is 29.8 Å². The number of hydrogen-bond acceptors (Lipinski definition) is 2. The largest absolute Gasteiger partial charge is 0.573 e. The van der Waals surface area contributed by atoms with Crippen LogP contribution in [-0.2, 0) is 5.41 Å². The van der Waals surface area contributed by atoms with E-state index >= 15 is 0 Å². The minimum atomic E-state index is -4.68. The fraction of sp³-hybridized carbons (Fsp3) is 0.364. The highest BCUT2D eigenvalue weighted by Gasteiger charge is 2.47. The number of hydrogen-bond donors (Lipinski definition) is 1. The Labute approximate surface area is 102 Å². The number of alkyl halides is 3. The van der Waals surface area contributed by atoms with Crippen LogP contribution < -0.4 is 10.5 Å². The van der Waals surface area contributed by atoms with Crippen LogP contribution in [0.1, 0.15) is 18.4 Å². The summed E-state index contributed by atoms with van der Waals surface area (Å²) in [5.41, 5.74) is 5.87. The van der Waals surface area contributed by atoms with Gasteiger partial charge in [0.05, 0.1) is 4.99 Å². The van der Waals surface area contributed by atoms with Crippen molar-refractivity contribution in [3.8, 4) is 5.75 Å². The molecule has 0 amide bonds. The molecule has 6 heteroatoms. The van der Waals surface area contributed by atoms with E-state index in [1.807, 2.05) is 0 Å². The van der Waals surface area contributed by atoms with Gasteiger partial charge in [-0.15, -0.1) is 13.2 Å². The Kier molecular flexibility index (Phi) is 2.77. The summed E-state index contributed by atoms with van der Waals surface area (Å²) in [4.78, 5) is 0.321. The highest BCUT2D eigenvalue weighted by Crippen LogP contribution is 2.49. The molecular weight excluding hydrogens is 251 g/mol. The minimum Gasteiger partial charge on any atom is -0.406 e. The Morgan fingerprint density at radius 3 is 2.47 bits per heavy atom. The molecule has 0 atom stereocenters. The fourth-order valence-corrected chi connectivity index (χ4v) is 2.12. The zero-order chi connectivity index (χ0) is 12.7. The maximum atomic E-state index is 12.1. The van der Waals surface area contributed by atoms with Crippen LogP contribution >= 0.6 is 12.2 Å². The fourth-order valence-electron chi connectivity index (χ4n) is 1.79. The van der Waals surface area contributed by atoms with Crippen molar-refractivity contribution in [2.24, 2.45) is 5.73 Å². The second kappa shape index (κ2) is 3.87. The molecule has 0 spiro atoms. The lowest BCUT2D eigenvalue weighted by Crippen LogP contribution is -2.26. The molecule has 17 heavy (non-hydrogen) atoms. The van der Waals surface area contributed by atoms with Crippen LogP contribution in [0.2, 0.25) is 0 Å². The van der Waals surface area contributed by atoms with E-state index in [0.29, 0.717) is 10.6 Å². The van der Waals surface area contributed by atoms with E-state index in [4.69, 9.17) is 18.0 Å². The summed E-state index contributed by atoms with van der Waals surface area (Å²) in [5, 5.41) is 0. The Morgan fingerprint density at radius 2 is 2.00 bits per heavy atom. The lowest BCUT2D eigenvalue weighted by Gasteiger charge is -2.15. The summed E-state index contributed by atoms with van der Waals surface area (Å²) in [6.45, 7) is 0. The van der Waals surface area contributed by atoms with Crippen molar-refractivity contribution in [2.45, 2.75) is 24.6 Å². The van der Waals surface area contributed by atoms with E-state index in [1.54, 1.807) is 6.07 Å². The monoisotopic (exact) mass is 261 g/mol. The normalized spacial score (nSPS) is 17.6. The first-order chi connectivity index (χ1) is 7.83. The molecule has 0 saturated heterocycles. The van der Waals surface area contributed by atoms with Crippen LogP contribution in [0.3, 0.4) is 0 Å². The van der Waals surface area contributed by atoms with Gasteiger partial charge in [0.25, 0.3) is 0 Å². The van der Waals surface area contributed by atoms with E-state index < -0.39 is 11.8 Å². The van der Waals surface area contributed by atoms with E-state index in [-0.39, 0.29) is 5.75 Å². The van der Waals surface area contributed by atoms with Crippen molar-refractivity contribution >= 4 is 17.2 Å². The number of nitrogens with two attached hydrogens (primary N) is 1. The van der Waals surface area contributed by atoms with Gasteiger partial charge in [0, 0.05) is 5.41 Å². The van der Waals surface area contributed by atoms with Gasteiger partial charge in [0.2, 0.25) is 0 Å². The molecule has 0 heterocycles. The van der Waals surface area contributed by atoms with Gasteiger partial charge in [-0.05, 0) is 30.5 Å². The summed E-state index contributed by atoms with van der Waals surface area (Å²) >= 11 is 4.94. The third-order valence-corrected chi connectivity index (χ3v) is 3.23. The summed E-state index contributed by atoms with van der Waals surface area (Å²) in [6, 6.07) is 5.83. The maximum absolute atomic E-state index is 12.1. The van der Waals surface area contributed by atoms with Crippen molar-refractivity contribution in [2.75, 3.05) is 0 Å². The molecule has 2 N–H and O–H groups in total. The molecule has 1 aromatic carbocycles. The first kappa shape index (κ1) is 12.2. The molecule has 1 aliphatic rings. The highest BCUT2D eigenvalue weighted by molar-refractivity contribution is 7.80. The Morgan fingerprint density at radius 1 is 1.35 bits per heavy atom. The maximum Gasteiger partial charge on any atom is 0.573 e. The third kappa shape index (κ3) is 2.52. The van der Waals surface area contributed by atoms with Gasteiger partial charge in [0.15, 0.2) is 0 Å². The Balaban J connectivity index is 2.27. The van der Waals surface area contributed by atoms with Crippen molar-refractivity contribution in [1.82, 2.24) is 0 Å². The van der Waals surface area contributed by atoms with Crippen LogP contribution in [0, 0.1) is 0 Å². The summed E-state index contributed by atoms with van der Waals surface area (Å²) < 4.78 is 40.1. The van der Waals surface area contributed by atoms with Gasteiger partial charge in [-0.1, -0.05) is 24.4 Å². The lowest BCUT2D eigenvalue weighted by molar-refractivity contribution is -0.274. The van der Waals surface area contributed by atoms with Crippen LogP contribution in [0.25, 0.3) is 0 Å². The van der Waals surface area contributed by atoms with E-state index in [0.717, 1.165) is 12.8 Å². The topological polar surface area (TPSA) is 35.2 Å². The van der Waals surface area contributed by atoms with Crippen molar-refractivity contribution in [3.63, 3.8) is 0 Å². The smallest absolute Gasteiger partial charge is 0.406 e. The molecule has 0 aromatic heterocycles. The molecule has 1 aromatic rings. The molecule has 92 valence electrons. The first-order valence-electron chi connectivity index (χ1n) is 5.00. The van der Waals surface area contributed by atoms with E-state index in [9.17, 15) is 13.2 Å². The number of benzene rings is 1. The Bertz CT molecular complexity index is 454. The standard InChI is InChI=1S/C11H10F3NOS/c12-11(13,14)16-8-3-1-2-7(6-8)10(4-5-10)9(15)17/h1-3,6H,4-5H2,(H2,15,17). The van der Waals surface area contributed by atoms with E-state index in [2.05, 4.69) is 4.74 Å². The average Bonchev–Trinajstić information content (AvgIpc) is 2.95. The van der Waals surface area contributed by atoms with Crippen LogP contribution in [-0.4, -0.2) is 11.4 Å². The number of rotatable bonds is 3. The molecule has 0 aliphatic heterocycles. The highest BCUT2D eigenvalue weighted by atomic mass is 32.1. The average molecular weight is 261 g/mol. The second-order valence-electron chi connectivity index (χ2n) is 4.02. The summed E-state index contributed by atoms with van der Waals surface area (Å²) in [5.74, 6) is -0.238. The molecule has 0 bridgehead atoms. The van der Waals surface area contributed by atoms with Crippen molar-refractivity contribution in [1.29, 1.82) is 0 Å². The number of halogens is 3. The van der Waals surface area contributed by atoms with Gasteiger partial charge in [-0.3, -0.25) is 0 Å². The van der Waals surface area contributed by atoms with Crippen molar-refractivity contribution < 1.29 is 17.9 Å². The molecule has 1 saturated carbocycles. The molecule has 0 radical (unpaired) electrons. The molecule has 1 fully saturated rings. The van der Waals surface area contributed by atoms with Gasteiger partial charge < -0.3 is 10.5 Å². The zero-order valence-electron chi connectivity index (χ0n) is 8.75. The predicted molar refractivity (Wildman–Crippen MR) is 60.8 cm³/mol. The zero-order valence-corrected chi connectivity index (χ0v) is 9.57. The quantitative estimate of drug-likeness (QED) is 0.850. The van der Waals surface area contributed by atoms with Gasteiger partial charge in [-0.2, -0.15) is 0 Å². The summed E-state index contributed by atoms with van der Waals surface area (Å²) in [7, 11) is 0. The third-order valence-electron chi connectivity index (χ3n) is 2.84. The number of ether oxygens (including phenoxy) is 1. The van der Waals surface area contributed by atoms with Crippen LogP contribution in [0.15, 0.2) is 24.3 Å². The second-order valence-corrected chi connectivity index (χ2v) is 4.46. The molecule has 0 unspecified atom stereocenters. The van der Waals surface area contributed by atoms with Gasteiger partial charge in [0.1, 0.15) is 5.75 Å². The minimum absolute atomic E-state index is 0.238. The van der Waals surface area contributed by atoms with Gasteiger partial charge >= 0.3 is 6.36 Å². The summed E-state index contributed by atoms with van der Waals surface area (Å²) in [6.07, 6.45) is -3.13. The SMILES string of the molecule is NC(=S)C1(c2cccc(OC(F)(F)F)c2)CC1. The van der Waals surface area contributed by atoms with Crippen LogP contribution in [0.5, 0.6) is 5.75 Å². The lowest BCUT2D eigenvalue weighted by atomic mass is 9.96. The van der Waals surface area contributed by atoms with Gasteiger partial charge in [-0.25, -0.2) is 0 Å². The van der Waals surface area contributed by atoms with Crippen LogP contribution in [0.4, 0.5) is 13.2 Å². The number of thiocarbonyl (C=S) groups is 1. The predicted octanol–water partition coefficient (Wildman–Crippen LogP) is 2.90. The molecule has 2 nitrogen and oxygen atoms in total. The van der Waals surface area contributed by atoms with E-state index in [1.165, 1.54) is 18.2 Å². The Hall–Kier alpha value is -1.30. The molecule has 2 rings (SSSR count). The molecule has 1 aliphatic carbocycles.